The number of hydrogen-bond acceptors (Lipinski definition) is 3. The molecule has 0 aliphatic heterocycles. The number of carbonyl (C=O) groups is 1. The Labute approximate surface area is 144 Å². The number of methoxy groups -OCH3 is 1. The lowest BCUT2D eigenvalue weighted by Crippen LogP contribution is -2.43. The van der Waals surface area contributed by atoms with E-state index >= 15 is 0 Å². The van der Waals surface area contributed by atoms with Gasteiger partial charge < -0.3 is 20.7 Å². The van der Waals surface area contributed by atoms with Crippen LogP contribution in [0.15, 0.2) is 23.2 Å². The second-order valence-corrected chi connectivity index (χ2v) is 6.12. The van der Waals surface area contributed by atoms with Gasteiger partial charge in [0.05, 0.1) is 12.8 Å². The highest BCUT2D eigenvalue weighted by Crippen LogP contribution is 2.25. The van der Waals surface area contributed by atoms with Gasteiger partial charge in [-0.15, -0.1) is 0 Å². The van der Waals surface area contributed by atoms with E-state index in [4.69, 9.17) is 4.74 Å². The monoisotopic (exact) mass is 332 g/mol. The van der Waals surface area contributed by atoms with Crippen molar-refractivity contribution in [2.75, 3.05) is 19.5 Å². The first-order chi connectivity index (χ1) is 11.6. The highest BCUT2D eigenvalue weighted by atomic mass is 16.5. The predicted molar refractivity (Wildman–Crippen MR) is 97.5 cm³/mol. The molecule has 1 saturated carbocycles. The molecule has 0 spiro atoms. The van der Waals surface area contributed by atoms with Crippen LogP contribution in [0.3, 0.4) is 0 Å². The number of ether oxygens (including phenoxy) is 1. The third-order valence-electron chi connectivity index (χ3n) is 4.20. The quantitative estimate of drug-likeness (QED) is 0.572. The summed E-state index contributed by atoms with van der Waals surface area (Å²) in [6.07, 6.45) is 6.31. The van der Waals surface area contributed by atoms with Crippen molar-refractivity contribution in [1.29, 1.82) is 0 Å². The van der Waals surface area contributed by atoms with Crippen LogP contribution in [-0.4, -0.2) is 32.1 Å². The maximum absolute atomic E-state index is 11.3. The summed E-state index contributed by atoms with van der Waals surface area (Å²) in [4.78, 5) is 15.6. The molecule has 24 heavy (non-hydrogen) atoms. The first-order valence-electron chi connectivity index (χ1n) is 8.54. The van der Waals surface area contributed by atoms with Gasteiger partial charge in [-0.1, -0.05) is 25.3 Å². The van der Waals surface area contributed by atoms with Gasteiger partial charge in [-0.3, -0.25) is 9.79 Å². The molecular formula is C18H28N4O2. The first-order valence-corrected chi connectivity index (χ1v) is 8.54. The number of nitrogens with zero attached hydrogens (tertiary/aromatic N) is 1. The van der Waals surface area contributed by atoms with E-state index in [1.807, 2.05) is 18.2 Å². The van der Waals surface area contributed by atoms with Crippen LogP contribution in [-0.2, 0) is 11.3 Å². The fraction of sp³-hybridized carbons (Fsp3) is 0.556. The molecule has 1 amide bonds. The van der Waals surface area contributed by atoms with Crippen LogP contribution in [0.4, 0.5) is 5.69 Å². The third kappa shape index (κ3) is 5.44. The van der Waals surface area contributed by atoms with Gasteiger partial charge in [-0.2, -0.15) is 0 Å². The van der Waals surface area contributed by atoms with E-state index in [-0.39, 0.29) is 5.91 Å². The Hall–Kier alpha value is -2.24. The fourth-order valence-electron chi connectivity index (χ4n) is 2.97. The third-order valence-corrected chi connectivity index (χ3v) is 4.20. The van der Waals surface area contributed by atoms with Crippen molar-refractivity contribution in [2.24, 2.45) is 4.99 Å². The van der Waals surface area contributed by atoms with Crippen LogP contribution in [0.25, 0.3) is 0 Å². The Morgan fingerprint density at radius 3 is 2.67 bits per heavy atom. The van der Waals surface area contributed by atoms with E-state index in [0.717, 1.165) is 11.5 Å². The number of aliphatic imine (C=N–C) groups is 1. The summed E-state index contributed by atoms with van der Waals surface area (Å²) in [6.45, 7) is 2.11. The molecule has 0 unspecified atom stereocenters. The molecule has 1 aliphatic rings. The molecule has 1 aromatic carbocycles. The van der Waals surface area contributed by atoms with Crippen LogP contribution >= 0.6 is 0 Å². The Balaban J connectivity index is 1.95. The molecule has 1 aromatic rings. The highest BCUT2D eigenvalue weighted by molar-refractivity contribution is 5.90. The van der Waals surface area contributed by atoms with E-state index in [1.54, 1.807) is 14.2 Å². The lowest BCUT2D eigenvalue weighted by Gasteiger charge is -2.25. The molecule has 0 aromatic heterocycles. The number of benzene rings is 1. The van der Waals surface area contributed by atoms with Crippen LogP contribution in [0, 0.1) is 0 Å². The first kappa shape index (κ1) is 18.1. The molecular weight excluding hydrogens is 304 g/mol. The van der Waals surface area contributed by atoms with Crippen molar-refractivity contribution in [3.8, 4) is 5.75 Å². The van der Waals surface area contributed by atoms with Crippen molar-refractivity contribution >= 4 is 17.6 Å². The minimum Gasteiger partial charge on any atom is -0.495 e. The number of anilines is 1. The van der Waals surface area contributed by atoms with Crippen LogP contribution in [0.5, 0.6) is 5.75 Å². The standard InChI is InChI=1S/C18H28N4O2/c1-13(23)21-16-11-14(9-10-17(16)24-3)12-20-18(19-2)22-15-7-5-4-6-8-15/h9-11,15H,4-8,12H2,1-3H3,(H,21,23)(H2,19,20,22). The van der Waals surface area contributed by atoms with Gasteiger partial charge in [0.25, 0.3) is 0 Å². The number of amides is 1. The van der Waals surface area contributed by atoms with Gasteiger partial charge in [0.15, 0.2) is 5.96 Å². The SMILES string of the molecule is CN=C(NCc1ccc(OC)c(NC(C)=O)c1)NC1CCCCC1. The molecule has 2 rings (SSSR count). The summed E-state index contributed by atoms with van der Waals surface area (Å²) in [5, 5.41) is 9.62. The molecule has 0 atom stereocenters. The molecule has 0 saturated heterocycles. The number of carbonyl (C=O) groups excluding carboxylic acids is 1. The van der Waals surface area contributed by atoms with Crippen molar-refractivity contribution < 1.29 is 9.53 Å². The minimum atomic E-state index is -0.117. The van der Waals surface area contributed by atoms with Crippen molar-refractivity contribution in [3.05, 3.63) is 23.8 Å². The number of rotatable bonds is 5. The summed E-state index contributed by atoms with van der Waals surface area (Å²) in [7, 11) is 3.38. The molecule has 6 nitrogen and oxygen atoms in total. The van der Waals surface area contributed by atoms with E-state index < -0.39 is 0 Å². The second-order valence-electron chi connectivity index (χ2n) is 6.12. The topological polar surface area (TPSA) is 74.8 Å². The smallest absolute Gasteiger partial charge is 0.221 e. The molecule has 1 fully saturated rings. The largest absolute Gasteiger partial charge is 0.495 e. The maximum Gasteiger partial charge on any atom is 0.221 e. The zero-order valence-electron chi connectivity index (χ0n) is 14.8. The molecule has 0 radical (unpaired) electrons. The lowest BCUT2D eigenvalue weighted by molar-refractivity contribution is -0.114. The van der Waals surface area contributed by atoms with Gasteiger partial charge in [0, 0.05) is 26.6 Å². The van der Waals surface area contributed by atoms with Gasteiger partial charge in [0.1, 0.15) is 5.75 Å². The van der Waals surface area contributed by atoms with E-state index in [2.05, 4.69) is 20.9 Å². The summed E-state index contributed by atoms with van der Waals surface area (Å²) < 4.78 is 5.28. The fourth-order valence-corrected chi connectivity index (χ4v) is 2.97. The molecule has 0 bridgehead atoms. The molecule has 1 aliphatic carbocycles. The summed E-state index contributed by atoms with van der Waals surface area (Å²) in [5.41, 5.74) is 1.73. The zero-order valence-corrected chi connectivity index (χ0v) is 14.8. The number of nitrogens with one attached hydrogen (secondary N) is 3. The minimum absolute atomic E-state index is 0.117. The molecule has 6 heteroatoms. The molecule has 132 valence electrons. The van der Waals surface area contributed by atoms with E-state index in [1.165, 1.54) is 39.0 Å². The highest BCUT2D eigenvalue weighted by Gasteiger charge is 2.14. The zero-order chi connectivity index (χ0) is 17.4. The van der Waals surface area contributed by atoms with Gasteiger partial charge in [-0.05, 0) is 30.5 Å². The van der Waals surface area contributed by atoms with Gasteiger partial charge in [-0.25, -0.2) is 0 Å². The summed E-state index contributed by atoms with van der Waals surface area (Å²) >= 11 is 0. The Morgan fingerprint density at radius 2 is 2.04 bits per heavy atom. The summed E-state index contributed by atoms with van der Waals surface area (Å²) in [5.74, 6) is 1.35. The van der Waals surface area contributed by atoms with Crippen LogP contribution in [0.1, 0.15) is 44.6 Å². The number of hydrogen-bond donors (Lipinski definition) is 3. The van der Waals surface area contributed by atoms with Gasteiger partial charge >= 0.3 is 0 Å². The maximum atomic E-state index is 11.3. The Bertz CT molecular complexity index is 580. The Morgan fingerprint density at radius 1 is 1.29 bits per heavy atom. The van der Waals surface area contributed by atoms with Crippen LogP contribution in [0.2, 0.25) is 0 Å². The average Bonchev–Trinajstić information content (AvgIpc) is 2.59. The van der Waals surface area contributed by atoms with Crippen LogP contribution < -0.4 is 20.7 Å². The lowest BCUT2D eigenvalue weighted by atomic mass is 9.96. The molecule has 3 N–H and O–H groups in total. The van der Waals surface area contributed by atoms with Crippen molar-refractivity contribution in [2.45, 2.75) is 51.6 Å². The van der Waals surface area contributed by atoms with E-state index in [0.29, 0.717) is 24.0 Å². The molecule has 0 heterocycles. The predicted octanol–water partition coefficient (Wildman–Crippen LogP) is 2.65. The Kier molecular flexibility index (Phi) is 6.90. The van der Waals surface area contributed by atoms with Crippen molar-refractivity contribution in [1.82, 2.24) is 10.6 Å². The second kappa shape index (κ2) is 9.15. The average molecular weight is 332 g/mol. The summed E-state index contributed by atoms with van der Waals surface area (Å²) in [6, 6.07) is 6.27. The van der Waals surface area contributed by atoms with Crippen molar-refractivity contribution in [3.63, 3.8) is 0 Å². The number of guanidine groups is 1. The van der Waals surface area contributed by atoms with Gasteiger partial charge in [0.2, 0.25) is 5.91 Å². The van der Waals surface area contributed by atoms with E-state index in [9.17, 15) is 4.79 Å². The normalized spacial score (nSPS) is 15.7.